The van der Waals surface area contributed by atoms with Crippen molar-refractivity contribution in [1.29, 1.82) is 0 Å². The van der Waals surface area contributed by atoms with Crippen LogP contribution in [0.5, 0.6) is 0 Å². The number of thioether (sulfide) groups is 1. The van der Waals surface area contributed by atoms with Gasteiger partial charge < -0.3 is 15.1 Å². The molecule has 2 N–H and O–H groups in total. The number of rotatable bonds is 10. The van der Waals surface area contributed by atoms with Crippen molar-refractivity contribution in [2.24, 2.45) is 5.73 Å². The van der Waals surface area contributed by atoms with E-state index in [-0.39, 0.29) is 29.5 Å². The fourth-order valence-corrected chi connectivity index (χ4v) is 4.07. The minimum absolute atomic E-state index is 0.0753. The number of hydrogen-bond acceptors (Lipinski definition) is 6. The summed E-state index contributed by atoms with van der Waals surface area (Å²) in [6.07, 6.45) is 1.51. The highest BCUT2D eigenvalue weighted by molar-refractivity contribution is 7.99. The fraction of sp³-hybridized carbons (Fsp3) is 0.375. The topological polar surface area (TPSA) is 85.2 Å². The van der Waals surface area contributed by atoms with Crippen molar-refractivity contribution in [3.8, 4) is 11.5 Å². The molecular formula is C24H28ClFN4O2S. The molecule has 0 spiro atoms. The van der Waals surface area contributed by atoms with Crippen molar-refractivity contribution in [3.05, 3.63) is 58.7 Å². The van der Waals surface area contributed by atoms with E-state index in [1.165, 1.54) is 22.7 Å². The van der Waals surface area contributed by atoms with Crippen molar-refractivity contribution in [2.75, 3.05) is 10.7 Å². The highest BCUT2D eigenvalue weighted by atomic mass is 35.5. The van der Waals surface area contributed by atoms with E-state index < -0.39 is 5.82 Å². The van der Waals surface area contributed by atoms with Crippen LogP contribution in [0.4, 0.5) is 10.1 Å². The molecule has 1 atom stereocenters. The van der Waals surface area contributed by atoms with Crippen LogP contribution in [0.1, 0.15) is 45.6 Å². The van der Waals surface area contributed by atoms with E-state index in [1.807, 2.05) is 39.8 Å². The van der Waals surface area contributed by atoms with Gasteiger partial charge in [0, 0.05) is 27.1 Å². The zero-order chi connectivity index (χ0) is 24.2. The summed E-state index contributed by atoms with van der Waals surface area (Å²) in [7, 11) is 0. The second kappa shape index (κ2) is 10.7. The lowest BCUT2D eigenvalue weighted by atomic mass is 9.90. The summed E-state index contributed by atoms with van der Waals surface area (Å²) in [6.45, 7) is 8.15. The van der Waals surface area contributed by atoms with Crippen LogP contribution in [0.15, 0.2) is 45.7 Å². The molecule has 0 radical (unpaired) electrons. The first-order valence-electron chi connectivity index (χ1n) is 10.7. The van der Waals surface area contributed by atoms with E-state index >= 15 is 4.39 Å². The summed E-state index contributed by atoms with van der Waals surface area (Å²) in [5.41, 5.74) is 7.14. The molecule has 2 aromatic carbocycles. The van der Waals surface area contributed by atoms with Gasteiger partial charge in [-0.05, 0) is 43.2 Å². The number of halogens is 2. The van der Waals surface area contributed by atoms with Gasteiger partial charge in [-0.3, -0.25) is 4.79 Å². The van der Waals surface area contributed by atoms with Gasteiger partial charge in [-0.2, -0.15) is 0 Å². The zero-order valence-electron chi connectivity index (χ0n) is 19.1. The molecule has 1 aromatic heterocycles. The SMILES string of the molecule is CCC(C)(C)c1nnc(-c2cc(N(C=O)Cc3ccc(Cl)cc3)c(SC[C@@H](C)N)cc2F)o1. The van der Waals surface area contributed by atoms with E-state index in [0.717, 1.165) is 18.4 Å². The summed E-state index contributed by atoms with van der Waals surface area (Å²) in [5.74, 6) is 0.568. The van der Waals surface area contributed by atoms with Gasteiger partial charge in [0.2, 0.25) is 12.3 Å². The van der Waals surface area contributed by atoms with E-state index in [4.69, 9.17) is 21.8 Å². The lowest BCUT2D eigenvalue weighted by molar-refractivity contribution is -0.107. The Hall–Kier alpha value is -2.42. The molecule has 1 heterocycles. The Labute approximate surface area is 202 Å². The Kier molecular flexibility index (Phi) is 8.15. The lowest BCUT2D eigenvalue weighted by Crippen LogP contribution is -2.22. The average molecular weight is 491 g/mol. The molecule has 0 saturated heterocycles. The van der Waals surface area contributed by atoms with Crippen molar-refractivity contribution >= 4 is 35.5 Å². The van der Waals surface area contributed by atoms with Gasteiger partial charge in [-0.15, -0.1) is 22.0 Å². The van der Waals surface area contributed by atoms with E-state index in [1.54, 1.807) is 18.2 Å². The van der Waals surface area contributed by atoms with E-state index in [0.29, 0.717) is 27.2 Å². The molecule has 33 heavy (non-hydrogen) atoms. The third-order valence-electron chi connectivity index (χ3n) is 5.37. The minimum atomic E-state index is -0.507. The molecule has 176 valence electrons. The quantitative estimate of drug-likeness (QED) is 0.285. The normalized spacial score (nSPS) is 12.6. The highest BCUT2D eigenvalue weighted by Gasteiger charge is 2.27. The molecule has 0 unspecified atom stereocenters. The third kappa shape index (κ3) is 6.13. The van der Waals surface area contributed by atoms with E-state index in [2.05, 4.69) is 10.2 Å². The third-order valence-corrected chi connectivity index (χ3v) is 6.95. The van der Waals surface area contributed by atoms with Gasteiger partial charge in [-0.1, -0.05) is 44.5 Å². The number of carbonyl (C=O) groups is 1. The van der Waals surface area contributed by atoms with Crippen molar-refractivity contribution in [1.82, 2.24) is 10.2 Å². The summed E-state index contributed by atoms with van der Waals surface area (Å²) >= 11 is 7.37. The molecule has 0 aliphatic rings. The first-order chi connectivity index (χ1) is 15.6. The van der Waals surface area contributed by atoms with Crippen molar-refractivity contribution in [2.45, 2.75) is 57.0 Å². The first kappa shape index (κ1) is 25.2. The number of nitrogens with two attached hydrogens (primary N) is 1. The number of nitrogens with zero attached hydrogens (tertiary/aromatic N) is 3. The second-order valence-electron chi connectivity index (χ2n) is 8.60. The first-order valence-corrected chi connectivity index (χ1v) is 12.0. The molecule has 0 aliphatic heterocycles. The molecule has 0 fully saturated rings. The summed E-state index contributed by atoms with van der Waals surface area (Å²) in [6, 6.07) is 10.1. The molecule has 3 rings (SSSR count). The molecule has 0 aliphatic carbocycles. The Morgan fingerprint density at radius 3 is 2.58 bits per heavy atom. The largest absolute Gasteiger partial charge is 0.420 e. The Bertz CT molecular complexity index is 1100. The molecule has 9 heteroatoms. The Morgan fingerprint density at radius 2 is 1.97 bits per heavy atom. The number of anilines is 1. The molecule has 6 nitrogen and oxygen atoms in total. The summed E-state index contributed by atoms with van der Waals surface area (Å²) in [4.78, 5) is 14.2. The number of hydrogen-bond donors (Lipinski definition) is 1. The van der Waals surface area contributed by atoms with Crippen LogP contribution in [-0.2, 0) is 16.8 Å². The smallest absolute Gasteiger partial charge is 0.250 e. The molecule has 1 amide bonds. The molecule has 0 saturated carbocycles. The zero-order valence-corrected chi connectivity index (χ0v) is 20.7. The van der Waals surface area contributed by atoms with Crippen LogP contribution in [-0.4, -0.2) is 28.4 Å². The lowest BCUT2D eigenvalue weighted by Gasteiger charge is -2.22. The van der Waals surface area contributed by atoms with Crippen LogP contribution < -0.4 is 10.6 Å². The van der Waals surface area contributed by atoms with E-state index in [9.17, 15) is 4.79 Å². The van der Waals surface area contributed by atoms with Gasteiger partial charge in [-0.25, -0.2) is 4.39 Å². The fourth-order valence-electron chi connectivity index (χ4n) is 2.99. The monoisotopic (exact) mass is 490 g/mol. The molecule has 0 bridgehead atoms. The number of benzene rings is 2. The second-order valence-corrected chi connectivity index (χ2v) is 10.1. The minimum Gasteiger partial charge on any atom is -0.420 e. The van der Waals surface area contributed by atoms with Crippen molar-refractivity contribution < 1.29 is 13.6 Å². The van der Waals surface area contributed by atoms with Gasteiger partial charge in [0.25, 0.3) is 5.89 Å². The standard InChI is InChI=1S/C24H28ClFN4O2S/c1-5-24(3,4)23-29-28-22(32-23)18-10-20(21(11-19(18)26)33-13-15(2)27)30(14-31)12-16-6-8-17(25)9-7-16/h6-11,14-15H,5,12-13,27H2,1-4H3/t15-/m1/s1. The predicted octanol–water partition coefficient (Wildman–Crippen LogP) is 5.82. The van der Waals surface area contributed by atoms with Crippen molar-refractivity contribution in [3.63, 3.8) is 0 Å². The number of carbonyl (C=O) groups excluding carboxylic acids is 1. The van der Waals surface area contributed by atoms with Crippen LogP contribution in [0.3, 0.4) is 0 Å². The molecule has 3 aromatic rings. The molecular weight excluding hydrogens is 463 g/mol. The van der Waals surface area contributed by atoms with Gasteiger partial charge in [0.1, 0.15) is 5.82 Å². The average Bonchev–Trinajstić information content (AvgIpc) is 3.28. The predicted molar refractivity (Wildman–Crippen MR) is 131 cm³/mol. The summed E-state index contributed by atoms with van der Waals surface area (Å²) in [5, 5.41) is 8.82. The van der Waals surface area contributed by atoms with Crippen LogP contribution in [0.2, 0.25) is 5.02 Å². The Morgan fingerprint density at radius 1 is 1.27 bits per heavy atom. The maximum atomic E-state index is 15.2. The van der Waals surface area contributed by atoms with Gasteiger partial charge >= 0.3 is 0 Å². The maximum Gasteiger partial charge on any atom is 0.250 e. The van der Waals surface area contributed by atoms with Crippen LogP contribution in [0, 0.1) is 5.82 Å². The Balaban J connectivity index is 2.05. The number of aromatic nitrogens is 2. The highest BCUT2D eigenvalue weighted by Crippen LogP contribution is 2.37. The van der Waals surface area contributed by atoms with Crippen LogP contribution >= 0.6 is 23.4 Å². The van der Waals surface area contributed by atoms with Gasteiger partial charge in [0.05, 0.1) is 17.8 Å². The van der Waals surface area contributed by atoms with Gasteiger partial charge in [0.15, 0.2) is 0 Å². The number of amides is 1. The maximum absolute atomic E-state index is 15.2. The van der Waals surface area contributed by atoms with Crippen LogP contribution in [0.25, 0.3) is 11.5 Å². The summed E-state index contributed by atoms with van der Waals surface area (Å²) < 4.78 is 21.0.